The lowest BCUT2D eigenvalue weighted by Gasteiger charge is -2.04. The Balaban J connectivity index is 2.79. The van der Waals surface area contributed by atoms with E-state index in [0.717, 1.165) is 0 Å². The van der Waals surface area contributed by atoms with Crippen LogP contribution in [0.3, 0.4) is 0 Å². The predicted octanol–water partition coefficient (Wildman–Crippen LogP) is 1.73. The molecule has 4 nitrogen and oxygen atoms in total. The molecule has 0 fully saturated rings. The third kappa shape index (κ3) is 2.58. The Morgan fingerprint density at radius 3 is 3.14 bits per heavy atom. The van der Waals surface area contributed by atoms with Crippen molar-refractivity contribution in [3.8, 4) is 5.75 Å². The van der Waals surface area contributed by atoms with Crippen LogP contribution >= 0.6 is 0 Å². The molecule has 0 saturated heterocycles. The molecule has 0 spiro atoms. The Morgan fingerprint density at radius 1 is 1.71 bits per heavy atom. The standard InChI is InChI=1S/C10H11NO3/c1-2-3-7-14-8-5-4-6-11-9(8)10(12)13/h2-6H,7H2,1H3,(H,12,13)/b3-2+. The highest BCUT2D eigenvalue weighted by atomic mass is 16.5. The number of rotatable bonds is 4. The third-order valence-electron chi connectivity index (χ3n) is 1.54. The molecule has 0 aliphatic rings. The van der Waals surface area contributed by atoms with E-state index in [2.05, 4.69) is 4.98 Å². The maximum absolute atomic E-state index is 10.7. The van der Waals surface area contributed by atoms with E-state index in [1.165, 1.54) is 6.20 Å². The van der Waals surface area contributed by atoms with E-state index in [1.807, 2.05) is 13.0 Å². The van der Waals surface area contributed by atoms with Crippen molar-refractivity contribution < 1.29 is 14.6 Å². The second-order valence-electron chi connectivity index (χ2n) is 2.54. The molecule has 1 aromatic rings. The normalized spacial score (nSPS) is 10.4. The fraction of sp³-hybridized carbons (Fsp3) is 0.200. The van der Waals surface area contributed by atoms with Crippen LogP contribution in [0.25, 0.3) is 0 Å². The molecule has 4 heteroatoms. The predicted molar refractivity (Wildman–Crippen MR) is 51.5 cm³/mol. The second-order valence-corrected chi connectivity index (χ2v) is 2.54. The summed E-state index contributed by atoms with van der Waals surface area (Å²) < 4.78 is 5.21. The fourth-order valence-corrected chi connectivity index (χ4v) is 0.902. The third-order valence-corrected chi connectivity index (χ3v) is 1.54. The molecule has 14 heavy (non-hydrogen) atoms. The minimum absolute atomic E-state index is 0.0583. The molecule has 0 saturated carbocycles. The van der Waals surface area contributed by atoms with Crippen LogP contribution in [0.4, 0.5) is 0 Å². The zero-order valence-corrected chi connectivity index (χ0v) is 7.80. The first-order valence-corrected chi connectivity index (χ1v) is 4.18. The molecule has 0 amide bonds. The number of pyridine rings is 1. The average molecular weight is 193 g/mol. The summed E-state index contributed by atoms with van der Waals surface area (Å²) in [5.41, 5.74) is -0.0583. The minimum Gasteiger partial charge on any atom is -0.487 e. The van der Waals surface area contributed by atoms with Crippen molar-refractivity contribution >= 4 is 5.97 Å². The first kappa shape index (κ1) is 10.2. The van der Waals surface area contributed by atoms with Gasteiger partial charge < -0.3 is 9.84 Å². The van der Waals surface area contributed by atoms with Crippen molar-refractivity contribution in [2.24, 2.45) is 0 Å². The first-order valence-electron chi connectivity index (χ1n) is 4.18. The molecule has 0 aromatic carbocycles. The van der Waals surface area contributed by atoms with E-state index in [1.54, 1.807) is 18.2 Å². The molecule has 1 aromatic heterocycles. The summed E-state index contributed by atoms with van der Waals surface area (Å²) in [7, 11) is 0. The summed E-state index contributed by atoms with van der Waals surface area (Å²) in [5, 5.41) is 8.76. The van der Waals surface area contributed by atoms with E-state index >= 15 is 0 Å². The Bertz CT molecular complexity index is 347. The number of carboxylic acid groups (broad SMARTS) is 1. The molecule has 74 valence electrons. The van der Waals surface area contributed by atoms with Crippen molar-refractivity contribution in [2.45, 2.75) is 6.92 Å². The van der Waals surface area contributed by atoms with Crippen molar-refractivity contribution in [1.82, 2.24) is 4.98 Å². The van der Waals surface area contributed by atoms with Gasteiger partial charge in [-0.25, -0.2) is 9.78 Å². The van der Waals surface area contributed by atoms with Gasteiger partial charge in [-0.2, -0.15) is 0 Å². The van der Waals surface area contributed by atoms with Gasteiger partial charge in [-0.05, 0) is 19.1 Å². The molecule has 1 heterocycles. The van der Waals surface area contributed by atoms with E-state index in [-0.39, 0.29) is 11.4 Å². The summed E-state index contributed by atoms with van der Waals surface area (Å²) >= 11 is 0. The maximum Gasteiger partial charge on any atom is 0.358 e. The molecule has 0 radical (unpaired) electrons. The van der Waals surface area contributed by atoms with Gasteiger partial charge in [-0.1, -0.05) is 12.2 Å². The minimum atomic E-state index is -1.08. The zero-order chi connectivity index (χ0) is 10.4. The highest BCUT2D eigenvalue weighted by Crippen LogP contribution is 2.14. The first-order chi connectivity index (χ1) is 6.75. The van der Waals surface area contributed by atoms with Crippen LogP contribution in [-0.4, -0.2) is 22.7 Å². The largest absolute Gasteiger partial charge is 0.487 e. The molecule has 1 N–H and O–H groups in total. The Hall–Kier alpha value is -1.84. The van der Waals surface area contributed by atoms with Gasteiger partial charge in [0.05, 0.1) is 0 Å². The van der Waals surface area contributed by atoms with Gasteiger partial charge in [0.15, 0.2) is 11.4 Å². The molecular weight excluding hydrogens is 182 g/mol. The molecule has 0 atom stereocenters. The summed E-state index contributed by atoms with van der Waals surface area (Å²) in [6.07, 6.45) is 5.04. The lowest BCUT2D eigenvalue weighted by Crippen LogP contribution is -2.05. The van der Waals surface area contributed by atoms with Crippen molar-refractivity contribution in [3.63, 3.8) is 0 Å². The number of carboxylic acids is 1. The van der Waals surface area contributed by atoms with Crippen molar-refractivity contribution in [1.29, 1.82) is 0 Å². The van der Waals surface area contributed by atoms with Gasteiger partial charge in [-0.3, -0.25) is 0 Å². The van der Waals surface area contributed by atoms with Crippen LogP contribution in [0.1, 0.15) is 17.4 Å². The molecule has 0 aliphatic heterocycles. The van der Waals surface area contributed by atoms with Gasteiger partial charge >= 0.3 is 5.97 Å². The number of hydrogen-bond acceptors (Lipinski definition) is 3. The van der Waals surface area contributed by atoms with Gasteiger partial charge in [-0.15, -0.1) is 0 Å². The SMILES string of the molecule is C/C=C/COc1cccnc1C(=O)O. The Kier molecular flexibility index (Phi) is 3.67. The molecule has 0 unspecified atom stereocenters. The summed E-state index contributed by atoms with van der Waals surface area (Å²) in [5.74, 6) is -0.792. The van der Waals surface area contributed by atoms with Crippen LogP contribution in [0.15, 0.2) is 30.5 Å². The van der Waals surface area contributed by atoms with E-state index < -0.39 is 5.97 Å². The van der Waals surface area contributed by atoms with Crippen LogP contribution in [0.5, 0.6) is 5.75 Å². The Labute approximate surface area is 81.9 Å². The summed E-state index contributed by atoms with van der Waals surface area (Å²) in [4.78, 5) is 14.4. The van der Waals surface area contributed by atoms with Crippen LogP contribution in [0.2, 0.25) is 0 Å². The number of aromatic nitrogens is 1. The number of carbonyl (C=O) groups is 1. The lowest BCUT2D eigenvalue weighted by atomic mass is 10.3. The van der Waals surface area contributed by atoms with Gasteiger partial charge in [0.2, 0.25) is 0 Å². The van der Waals surface area contributed by atoms with E-state index in [4.69, 9.17) is 9.84 Å². The molecule has 0 aliphatic carbocycles. The summed E-state index contributed by atoms with van der Waals surface area (Å²) in [6.45, 7) is 2.22. The molecule has 0 bridgehead atoms. The highest BCUT2D eigenvalue weighted by Gasteiger charge is 2.10. The quantitative estimate of drug-likeness (QED) is 0.740. The van der Waals surface area contributed by atoms with E-state index in [0.29, 0.717) is 6.61 Å². The van der Waals surface area contributed by atoms with Gasteiger partial charge in [0.25, 0.3) is 0 Å². The monoisotopic (exact) mass is 193 g/mol. The lowest BCUT2D eigenvalue weighted by molar-refractivity contribution is 0.0686. The van der Waals surface area contributed by atoms with Crippen molar-refractivity contribution in [2.75, 3.05) is 6.61 Å². The number of aromatic carboxylic acids is 1. The summed E-state index contributed by atoms with van der Waals surface area (Å²) in [6, 6.07) is 3.22. The number of allylic oxidation sites excluding steroid dienone is 1. The topological polar surface area (TPSA) is 59.4 Å². The van der Waals surface area contributed by atoms with Crippen LogP contribution in [0, 0.1) is 0 Å². The zero-order valence-electron chi connectivity index (χ0n) is 7.80. The van der Waals surface area contributed by atoms with Gasteiger partial charge in [0.1, 0.15) is 6.61 Å². The van der Waals surface area contributed by atoms with E-state index in [9.17, 15) is 4.79 Å². The highest BCUT2D eigenvalue weighted by molar-refractivity contribution is 5.88. The Morgan fingerprint density at radius 2 is 2.50 bits per heavy atom. The number of ether oxygens (including phenoxy) is 1. The molecule has 1 rings (SSSR count). The molecular formula is C10H11NO3. The van der Waals surface area contributed by atoms with Crippen molar-refractivity contribution in [3.05, 3.63) is 36.2 Å². The maximum atomic E-state index is 10.7. The van der Waals surface area contributed by atoms with Crippen LogP contribution < -0.4 is 4.74 Å². The smallest absolute Gasteiger partial charge is 0.358 e. The van der Waals surface area contributed by atoms with Gasteiger partial charge in [0, 0.05) is 6.20 Å². The fourth-order valence-electron chi connectivity index (χ4n) is 0.902. The number of nitrogens with zero attached hydrogens (tertiary/aromatic N) is 1. The van der Waals surface area contributed by atoms with Crippen LogP contribution in [-0.2, 0) is 0 Å². The second kappa shape index (κ2) is 5.01. The average Bonchev–Trinajstić information content (AvgIpc) is 2.19. The number of hydrogen-bond donors (Lipinski definition) is 1.